The SMILES string of the molecule is CCCCN(C(=O)CCC(=O)O)[C@H]1CC(=O)N(c2ccc(OCCC)cc2)C1=O. The quantitative estimate of drug-likeness (QED) is 0.569. The molecular formula is C21H28N2O6. The molecule has 0 aromatic heterocycles. The van der Waals surface area contributed by atoms with Crippen molar-refractivity contribution >= 4 is 29.4 Å². The van der Waals surface area contributed by atoms with Gasteiger partial charge in [-0.05, 0) is 37.1 Å². The van der Waals surface area contributed by atoms with Gasteiger partial charge >= 0.3 is 5.97 Å². The highest BCUT2D eigenvalue weighted by Crippen LogP contribution is 2.28. The van der Waals surface area contributed by atoms with Crippen molar-refractivity contribution in [2.75, 3.05) is 18.1 Å². The van der Waals surface area contributed by atoms with Gasteiger partial charge in [-0.1, -0.05) is 20.3 Å². The number of aliphatic carboxylic acids is 1. The van der Waals surface area contributed by atoms with E-state index in [0.29, 0.717) is 31.0 Å². The lowest BCUT2D eigenvalue weighted by Crippen LogP contribution is -2.46. The van der Waals surface area contributed by atoms with Gasteiger partial charge in [0.15, 0.2) is 0 Å². The number of anilines is 1. The van der Waals surface area contributed by atoms with Crippen LogP contribution in [0.4, 0.5) is 5.69 Å². The minimum absolute atomic E-state index is 0.102. The Morgan fingerprint density at radius 3 is 2.41 bits per heavy atom. The molecule has 8 heteroatoms. The van der Waals surface area contributed by atoms with E-state index in [1.807, 2.05) is 13.8 Å². The van der Waals surface area contributed by atoms with Crippen LogP contribution in [0.1, 0.15) is 52.4 Å². The summed E-state index contributed by atoms with van der Waals surface area (Å²) in [7, 11) is 0. The van der Waals surface area contributed by atoms with Gasteiger partial charge in [0, 0.05) is 13.0 Å². The van der Waals surface area contributed by atoms with Crippen LogP contribution in [0, 0.1) is 0 Å². The third-order valence-electron chi connectivity index (χ3n) is 4.69. The summed E-state index contributed by atoms with van der Waals surface area (Å²) in [6.07, 6.45) is 1.74. The van der Waals surface area contributed by atoms with Gasteiger partial charge in [-0.15, -0.1) is 0 Å². The summed E-state index contributed by atoms with van der Waals surface area (Å²) in [5, 5.41) is 8.84. The van der Waals surface area contributed by atoms with E-state index in [1.165, 1.54) is 4.90 Å². The van der Waals surface area contributed by atoms with Crippen LogP contribution in [0.5, 0.6) is 5.75 Å². The van der Waals surface area contributed by atoms with E-state index in [4.69, 9.17) is 9.84 Å². The lowest BCUT2D eigenvalue weighted by atomic mass is 10.1. The Hall–Kier alpha value is -2.90. The number of rotatable bonds is 11. The topological polar surface area (TPSA) is 104 Å². The highest BCUT2D eigenvalue weighted by molar-refractivity contribution is 6.23. The molecule has 0 unspecified atom stereocenters. The summed E-state index contributed by atoms with van der Waals surface area (Å²) < 4.78 is 5.52. The maximum atomic E-state index is 13.0. The van der Waals surface area contributed by atoms with Gasteiger partial charge in [0.25, 0.3) is 5.91 Å². The molecule has 0 spiro atoms. The van der Waals surface area contributed by atoms with Gasteiger partial charge in [0.05, 0.1) is 25.1 Å². The molecule has 8 nitrogen and oxygen atoms in total. The first-order chi connectivity index (χ1) is 13.9. The summed E-state index contributed by atoms with van der Waals surface area (Å²) in [4.78, 5) is 51.3. The summed E-state index contributed by atoms with van der Waals surface area (Å²) in [5.74, 6) is -1.68. The van der Waals surface area contributed by atoms with E-state index in [-0.39, 0.29) is 25.2 Å². The molecule has 0 radical (unpaired) electrons. The molecule has 0 saturated carbocycles. The summed E-state index contributed by atoms with van der Waals surface area (Å²) in [5.41, 5.74) is 0.430. The molecule has 1 aliphatic rings. The van der Waals surface area contributed by atoms with Crippen molar-refractivity contribution in [3.63, 3.8) is 0 Å². The second-order valence-electron chi connectivity index (χ2n) is 6.96. The minimum atomic E-state index is -1.07. The summed E-state index contributed by atoms with van der Waals surface area (Å²) >= 11 is 0. The molecule has 158 valence electrons. The van der Waals surface area contributed by atoms with Crippen LogP contribution >= 0.6 is 0 Å². The number of carboxylic acids is 1. The largest absolute Gasteiger partial charge is 0.494 e. The van der Waals surface area contributed by atoms with E-state index in [1.54, 1.807) is 24.3 Å². The zero-order valence-corrected chi connectivity index (χ0v) is 16.9. The Morgan fingerprint density at radius 2 is 1.83 bits per heavy atom. The van der Waals surface area contributed by atoms with Crippen LogP contribution < -0.4 is 9.64 Å². The highest BCUT2D eigenvalue weighted by Gasteiger charge is 2.44. The monoisotopic (exact) mass is 404 g/mol. The molecule has 1 atom stereocenters. The standard InChI is InChI=1S/C21H28N2O6/c1-3-5-12-22(18(24)10-11-20(26)27)17-14-19(25)23(21(17)28)15-6-8-16(9-7-15)29-13-4-2/h6-9,17H,3-5,10-14H2,1-2H3,(H,26,27)/t17-/m0/s1. The number of nitrogens with zero attached hydrogens (tertiary/aromatic N) is 2. The maximum absolute atomic E-state index is 13.0. The van der Waals surface area contributed by atoms with Crippen LogP contribution in [0.25, 0.3) is 0 Å². The molecule has 0 bridgehead atoms. The average molecular weight is 404 g/mol. The number of unbranched alkanes of at least 4 members (excludes halogenated alkanes) is 1. The Bertz CT molecular complexity index is 746. The molecular weight excluding hydrogens is 376 g/mol. The number of ether oxygens (including phenoxy) is 1. The number of imide groups is 1. The van der Waals surface area contributed by atoms with E-state index in [0.717, 1.165) is 17.7 Å². The van der Waals surface area contributed by atoms with Gasteiger partial charge in [-0.2, -0.15) is 0 Å². The van der Waals surface area contributed by atoms with Crippen molar-refractivity contribution < 1.29 is 29.0 Å². The van der Waals surface area contributed by atoms with Crippen molar-refractivity contribution in [2.24, 2.45) is 0 Å². The lowest BCUT2D eigenvalue weighted by Gasteiger charge is -2.27. The predicted molar refractivity (Wildman–Crippen MR) is 107 cm³/mol. The number of carbonyl (C=O) groups is 4. The fourth-order valence-corrected chi connectivity index (χ4v) is 3.18. The fraction of sp³-hybridized carbons (Fsp3) is 0.524. The van der Waals surface area contributed by atoms with Crippen molar-refractivity contribution in [3.05, 3.63) is 24.3 Å². The average Bonchev–Trinajstić information content (AvgIpc) is 2.99. The fourth-order valence-electron chi connectivity index (χ4n) is 3.18. The normalized spacial score (nSPS) is 16.2. The number of carbonyl (C=O) groups excluding carboxylic acids is 3. The molecule has 1 aliphatic heterocycles. The third-order valence-corrected chi connectivity index (χ3v) is 4.69. The molecule has 1 heterocycles. The van der Waals surface area contributed by atoms with Crippen molar-refractivity contribution in [2.45, 2.75) is 58.4 Å². The van der Waals surface area contributed by atoms with Gasteiger partial charge in [-0.25, -0.2) is 4.90 Å². The van der Waals surface area contributed by atoms with Gasteiger partial charge in [0.2, 0.25) is 11.8 Å². The first-order valence-corrected chi connectivity index (χ1v) is 9.99. The van der Waals surface area contributed by atoms with Crippen molar-refractivity contribution in [3.8, 4) is 5.75 Å². The second kappa shape index (κ2) is 10.6. The Kier molecular flexibility index (Phi) is 8.18. The number of hydrogen-bond acceptors (Lipinski definition) is 5. The van der Waals surface area contributed by atoms with Crippen molar-refractivity contribution in [1.29, 1.82) is 0 Å². The lowest BCUT2D eigenvalue weighted by molar-refractivity contribution is -0.143. The first kappa shape index (κ1) is 22.4. The van der Waals surface area contributed by atoms with E-state index in [9.17, 15) is 19.2 Å². The Balaban J connectivity index is 2.16. The first-order valence-electron chi connectivity index (χ1n) is 9.99. The summed E-state index contributed by atoms with van der Waals surface area (Å²) in [6, 6.07) is 5.79. The Morgan fingerprint density at radius 1 is 1.14 bits per heavy atom. The van der Waals surface area contributed by atoms with E-state index < -0.39 is 23.8 Å². The van der Waals surface area contributed by atoms with Gasteiger partial charge in [0.1, 0.15) is 11.8 Å². The Labute approximate surface area is 170 Å². The molecule has 1 saturated heterocycles. The number of hydrogen-bond donors (Lipinski definition) is 1. The predicted octanol–water partition coefficient (Wildman–Crippen LogP) is 2.60. The zero-order chi connectivity index (χ0) is 21.4. The van der Waals surface area contributed by atoms with Crippen LogP contribution in [0.3, 0.4) is 0 Å². The van der Waals surface area contributed by atoms with E-state index >= 15 is 0 Å². The molecule has 1 fully saturated rings. The molecule has 29 heavy (non-hydrogen) atoms. The van der Waals surface area contributed by atoms with Crippen LogP contribution in [0.15, 0.2) is 24.3 Å². The second-order valence-corrected chi connectivity index (χ2v) is 6.96. The number of benzene rings is 1. The molecule has 1 N–H and O–H groups in total. The smallest absolute Gasteiger partial charge is 0.303 e. The molecule has 1 aromatic carbocycles. The van der Waals surface area contributed by atoms with Crippen LogP contribution in [-0.4, -0.2) is 52.9 Å². The summed E-state index contributed by atoms with van der Waals surface area (Å²) in [6.45, 7) is 4.85. The molecule has 0 aliphatic carbocycles. The van der Waals surface area contributed by atoms with Gasteiger partial charge < -0.3 is 14.7 Å². The van der Waals surface area contributed by atoms with Crippen molar-refractivity contribution in [1.82, 2.24) is 4.90 Å². The van der Waals surface area contributed by atoms with E-state index in [2.05, 4.69) is 0 Å². The maximum Gasteiger partial charge on any atom is 0.303 e. The van der Waals surface area contributed by atoms with Crippen LogP contribution in [0.2, 0.25) is 0 Å². The zero-order valence-electron chi connectivity index (χ0n) is 16.9. The number of amides is 3. The highest BCUT2D eigenvalue weighted by atomic mass is 16.5. The third kappa shape index (κ3) is 5.79. The minimum Gasteiger partial charge on any atom is -0.494 e. The molecule has 3 amide bonds. The molecule has 1 aromatic rings. The van der Waals surface area contributed by atoms with Crippen LogP contribution in [-0.2, 0) is 19.2 Å². The molecule has 2 rings (SSSR count). The van der Waals surface area contributed by atoms with Gasteiger partial charge in [-0.3, -0.25) is 19.2 Å². The number of carboxylic acid groups (broad SMARTS) is 1.